The molecule has 0 saturated carbocycles. The Morgan fingerprint density at radius 1 is 1.16 bits per heavy atom. The van der Waals surface area contributed by atoms with Crippen LogP contribution in [0.25, 0.3) is 5.69 Å². The standard InChI is InChI=1S/C21H22F3N5O2/c22-16-5-1-2-6-17(16)29-21(26-19(27-29)18(23)24)31-13-14-7-10-28(11-8-14)12-15-4-3-9-25-20(15)30/h1-6,9,14,18H,7-8,10-13H2,(H,25,30). The molecule has 4 rings (SSSR count). The lowest BCUT2D eigenvalue weighted by atomic mass is 9.97. The molecule has 164 valence electrons. The van der Waals surface area contributed by atoms with Gasteiger partial charge in [0.05, 0.1) is 6.61 Å². The van der Waals surface area contributed by atoms with Gasteiger partial charge in [0.2, 0.25) is 5.82 Å². The Morgan fingerprint density at radius 3 is 2.65 bits per heavy atom. The van der Waals surface area contributed by atoms with Crippen LogP contribution in [0, 0.1) is 11.7 Å². The van der Waals surface area contributed by atoms with Crippen molar-refractivity contribution in [1.29, 1.82) is 0 Å². The molecule has 0 unspecified atom stereocenters. The third-order valence-electron chi connectivity index (χ3n) is 5.32. The summed E-state index contributed by atoms with van der Waals surface area (Å²) in [4.78, 5) is 20.5. The number of aromatic nitrogens is 4. The molecular weight excluding hydrogens is 411 g/mol. The Balaban J connectivity index is 1.38. The number of hydrogen-bond acceptors (Lipinski definition) is 5. The van der Waals surface area contributed by atoms with E-state index in [0.29, 0.717) is 6.54 Å². The molecule has 0 spiro atoms. The number of benzene rings is 1. The lowest BCUT2D eigenvalue weighted by molar-refractivity contribution is 0.129. The summed E-state index contributed by atoms with van der Waals surface area (Å²) in [7, 11) is 0. The summed E-state index contributed by atoms with van der Waals surface area (Å²) in [6.07, 6.45) is 0.356. The van der Waals surface area contributed by atoms with Crippen LogP contribution in [-0.4, -0.2) is 44.3 Å². The Kier molecular flexibility index (Phi) is 6.36. The van der Waals surface area contributed by atoms with Gasteiger partial charge in [0.1, 0.15) is 11.5 Å². The Bertz CT molecular complexity index is 1080. The predicted octanol–water partition coefficient (Wildman–Crippen LogP) is 3.32. The topological polar surface area (TPSA) is 76.0 Å². The summed E-state index contributed by atoms with van der Waals surface area (Å²) >= 11 is 0. The molecule has 0 atom stereocenters. The van der Waals surface area contributed by atoms with Gasteiger partial charge in [-0.2, -0.15) is 9.67 Å². The summed E-state index contributed by atoms with van der Waals surface area (Å²) in [6, 6.07) is 9.19. The molecule has 3 aromatic rings. The lowest BCUT2D eigenvalue weighted by Gasteiger charge is -2.31. The number of halogens is 3. The monoisotopic (exact) mass is 433 g/mol. The van der Waals surface area contributed by atoms with Gasteiger partial charge in [-0.25, -0.2) is 13.2 Å². The van der Waals surface area contributed by atoms with Gasteiger partial charge in [0, 0.05) is 18.3 Å². The summed E-state index contributed by atoms with van der Waals surface area (Å²) in [5.41, 5.74) is 0.629. The molecule has 1 saturated heterocycles. The van der Waals surface area contributed by atoms with Crippen molar-refractivity contribution in [2.24, 2.45) is 5.92 Å². The number of likely N-dealkylation sites (tertiary alicyclic amines) is 1. The number of nitrogens with zero attached hydrogens (tertiary/aromatic N) is 4. The van der Waals surface area contributed by atoms with Crippen molar-refractivity contribution in [1.82, 2.24) is 24.6 Å². The quantitative estimate of drug-likeness (QED) is 0.619. The molecule has 7 nitrogen and oxygen atoms in total. The van der Waals surface area contributed by atoms with Gasteiger partial charge in [-0.15, -0.1) is 5.10 Å². The number of ether oxygens (including phenoxy) is 1. The average molecular weight is 433 g/mol. The first kappa shape index (κ1) is 21.1. The number of alkyl halides is 2. The van der Waals surface area contributed by atoms with E-state index in [-0.39, 0.29) is 29.8 Å². The maximum Gasteiger partial charge on any atom is 0.320 e. The molecule has 1 N–H and O–H groups in total. The number of nitrogens with one attached hydrogen (secondary N) is 1. The van der Waals surface area contributed by atoms with E-state index >= 15 is 0 Å². The third-order valence-corrected chi connectivity index (χ3v) is 5.32. The minimum absolute atomic E-state index is 0.000183. The van der Waals surface area contributed by atoms with Crippen molar-refractivity contribution in [2.75, 3.05) is 19.7 Å². The highest BCUT2D eigenvalue weighted by Gasteiger charge is 2.24. The van der Waals surface area contributed by atoms with Crippen molar-refractivity contribution >= 4 is 0 Å². The van der Waals surface area contributed by atoms with Gasteiger partial charge in [0.15, 0.2) is 0 Å². The van der Waals surface area contributed by atoms with Gasteiger partial charge in [-0.1, -0.05) is 18.2 Å². The van der Waals surface area contributed by atoms with Crippen LogP contribution < -0.4 is 10.3 Å². The van der Waals surface area contributed by atoms with Crippen LogP contribution in [-0.2, 0) is 6.54 Å². The first-order valence-electron chi connectivity index (χ1n) is 10.0. The molecule has 1 fully saturated rings. The fourth-order valence-electron chi connectivity index (χ4n) is 3.60. The summed E-state index contributed by atoms with van der Waals surface area (Å²) in [5, 5.41) is 3.72. The molecule has 0 aliphatic carbocycles. The fourth-order valence-corrected chi connectivity index (χ4v) is 3.60. The highest BCUT2D eigenvalue weighted by molar-refractivity contribution is 5.34. The third kappa shape index (κ3) is 4.96. The highest BCUT2D eigenvalue weighted by Crippen LogP contribution is 2.25. The minimum atomic E-state index is -2.89. The van der Waals surface area contributed by atoms with Gasteiger partial charge >= 0.3 is 6.01 Å². The lowest BCUT2D eigenvalue weighted by Crippen LogP contribution is -2.36. The number of aromatic amines is 1. The maximum atomic E-state index is 14.1. The van der Waals surface area contributed by atoms with Crippen LogP contribution in [0.4, 0.5) is 13.2 Å². The van der Waals surface area contributed by atoms with E-state index in [9.17, 15) is 18.0 Å². The predicted molar refractivity (Wildman–Crippen MR) is 107 cm³/mol. The number of pyridine rings is 1. The number of H-pyrrole nitrogens is 1. The molecule has 10 heteroatoms. The second-order valence-corrected chi connectivity index (χ2v) is 7.47. The number of hydrogen-bond donors (Lipinski definition) is 1. The summed E-state index contributed by atoms with van der Waals surface area (Å²) in [6.45, 7) is 2.40. The minimum Gasteiger partial charge on any atom is -0.463 e. The van der Waals surface area contributed by atoms with E-state index in [2.05, 4.69) is 20.0 Å². The Labute approximate surface area is 176 Å². The normalized spacial score (nSPS) is 15.5. The number of para-hydroxylation sites is 1. The van der Waals surface area contributed by atoms with Gasteiger partial charge in [0.25, 0.3) is 12.0 Å². The SMILES string of the molecule is O=c1[nH]cccc1CN1CCC(COc2nc(C(F)F)nn2-c2ccccc2F)CC1. The molecule has 1 aromatic carbocycles. The van der Waals surface area contributed by atoms with Crippen LogP contribution in [0.3, 0.4) is 0 Å². The maximum absolute atomic E-state index is 14.1. The molecule has 2 aromatic heterocycles. The van der Waals surface area contributed by atoms with E-state index in [1.54, 1.807) is 18.3 Å². The second-order valence-electron chi connectivity index (χ2n) is 7.47. The van der Waals surface area contributed by atoms with Crippen LogP contribution in [0.2, 0.25) is 0 Å². The van der Waals surface area contributed by atoms with Crippen molar-refractivity contribution in [3.63, 3.8) is 0 Å². The Morgan fingerprint density at radius 2 is 1.94 bits per heavy atom. The van der Waals surface area contributed by atoms with Crippen molar-refractivity contribution in [3.05, 3.63) is 70.2 Å². The molecule has 0 radical (unpaired) electrons. The highest BCUT2D eigenvalue weighted by atomic mass is 19.3. The van der Waals surface area contributed by atoms with Crippen molar-refractivity contribution < 1.29 is 17.9 Å². The average Bonchev–Trinajstić information content (AvgIpc) is 3.20. The van der Waals surface area contributed by atoms with Crippen LogP contribution in [0.1, 0.15) is 30.7 Å². The molecule has 0 amide bonds. The largest absolute Gasteiger partial charge is 0.463 e. The van der Waals surface area contributed by atoms with Crippen LogP contribution in [0.15, 0.2) is 47.4 Å². The fraction of sp³-hybridized carbons (Fsp3) is 0.381. The number of rotatable bonds is 7. The zero-order valence-corrected chi connectivity index (χ0v) is 16.7. The van der Waals surface area contributed by atoms with Crippen molar-refractivity contribution in [3.8, 4) is 11.7 Å². The van der Waals surface area contributed by atoms with Gasteiger partial charge in [-0.05, 0) is 50.0 Å². The second kappa shape index (κ2) is 9.34. The molecule has 3 heterocycles. The van der Waals surface area contributed by atoms with Crippen LogP contribution in [0.5, 0.6) is 6.01 Å². The van der Waals surface area contributed by atoms with E-state index in [1.165, 1.54) is 18.2 Å². The number of piperidine rings is 1. The molecule has 1 aliphatic heterocycles. The molecular formula is C21H22F3N5O2. The Hall–Kier alpha value is -3.14. The van der Waals surface area contributed by atoms with E-state index in [4.69, 9.17) is 4.74 Å². The molecule has 31 heavy (non-hydrogen) atoms. The zero-order valence-electron chi connectivity index (χ0n) is 16.7. The van der Waals surface area contributed by atoms with Gasteiger partial charge in [-0.3, -0.25) is 9.69 Å². The van der Waals surface area contributed by atoms with E-state index in [1.807, 2.05) is 6.07 Å². The van der Waals surface area contributed by atoms with Crippen molar-refractivity contribution in [2.45, 2.75) is 25.8 Å². The summed E-state index contributed by atoms with van der Waals surface area (Å²) < 4.78 is 47.0. The van der Waals surface area contributed by atoms with Gasteiger partial charge < -0.3 is 9.72 Å². The summed E-state index contributed by atoms with van der Waals surface area (Å²) in [5.74, 6) is -1.13. The molecule has 0 bridgehead atoms. The zero-order chi connectivity index (χ0) is 21.8. The first-order chi connectivity index (χ1) is 15.0. The van der Waals surface area contributed by atoms with E-state index < -0.39 is 18.1 Å². The van der Waals surface area contributed by atoms with Crippen LogP contribution >= 0.6 is 0 Å². The smallest absolute Gasteiger partial charge is 0.320 e. The molecule has 1 aliphatic rings. The van der Waals surface area contributed by atoms with E-state index in [0.717, 1.165) is 36.2 Å². The first-order valence-corrected chi connectivity index (χ1v) is 10.0.